The smallest absolute Gasteiger partial charge is 0.414 e. The summed E-state index contributed by atoms with van der Waals surface area (Å²) >= 11 is 0. The Morgan fingerprint density at radius 1 is 0.722 bits per heavy atom. The Balaban J connectivity index is 0.000000411. The summed E-state index contributed by atoms with van der Waals surface area (Å²) in [6, 6.07) is 0. The zero-order valence-corrected chi connectivity index (χ0v) is 8.18. The van der Waals surface area contributed by atoms with Gasteiger partial charge in [-0.1, -0.05) is 0 Å². The quantitative estimate of drug-likeness (QED) is 0.234. The van der Waals surface area contributed by atoms with Gasteiger partial charge in [0.05, 0.1) is 0 Å². The van der Waals surface area contributed by atoms with Gasteiger partial charge in [0.15, 0.2) is 29.1 Å². The molecule has 0 aromatic heterocycles. The van der Waals surface area contributed by atoms with E-state index in [0.717, 1.165) is 0 Å². The van der Waals surface area contributed by atoms with Crippen molar-refractivity contribution in [3.8, 4) is 0 Å². The first-order valence-corrected chi connectivity index (χ1v) is 3.84. The molecule has 0 atom stereocenters. The second-order valence-electron chi connectivity index (χ2n) is 2.59. The van der Waals surface area contributed by atoms with Crippen LogP contribution in [0.1, 0.15) is 0 Å². The predicted octanol–water partition coefficient (Wildman–Crippen LogP) is 0.331. The van der Waals surface area contributed by atoms with Crippen molar-refractivity contribution in [2.45, 2.75) is 0 Å². The molecule has 0 aliphatic rings. The summed E-state index contributed by atoms with van der Waals surface area (Å²) in [4.78, 5) is 18.2. The summed E-state index contributed by atoms with van der Waals surface area (Å²) in [6.07, 6.45) is 0. The summed E-state index contributed by atoms with van der Waals surface area (Å²) in [6.45, 7) is 0. The van der Waals surface area contributed by atoms with Crippen LogP contribution in [0.3, 0.4) is 0 Å². The van der Waals surface area contributed by atoms with Crippen molar-refractivity contribution >= 4 is 25.2 Å². The van der Waals surface area contributed by atoms with Gasteiger partial charge >= 0.3 is 11.9 Å². The Morgan fingerprint density at radius 2 is 0.944 bits per heavy atom. The first-order valence-electron chi connectivity index (χ1n) is 3.84. The molecular formula is C8H2BF5O4. The number of hydrogen-bond acceptors (Lipinski definition) is 2. The molecule has 0 aliphatic heterocycles. The SMILES string of the molecule is O=C(O)C(=O)O.[B]c1c(F)c(F)c(F)c(F)c1F. The molecule has 2 radical (unpaired) electrons. The summed E-state index contributed by atoms with van der Waals surface area (Å²) in [7, 11) is 4.56. The van der Waals surface area contributed by atoms with Gasteiger partial charge in [-0.05, 0) is 5.46 Å². The lowest BCUT2D eigenvalue weighted by atomic mass is 9.94. The third-order valence-electron chi connectivity index (χ3n) is 1.43. The molecule has 1 rings (SSSR count). The zero-order chi connectivity index (χ0) is 14.6. The fraction of sp³-hybridized carbons (Fsp3) is 0. The minimum absolute atomic E-state index is 1.37. The number of halogens is 5. The van der Waals surface area contributed by atoms with E-state index < -0.39 is 46.5 Å². The molecule has 0 fully saturated rings. The molecule has 0 bridgehead atoms. The van der Waals surface area contributed by atoms with Gasteiger partial charge in [0, 0.05) is 0 Å². The molecule has 1 aromatic rings. The average Bonchev–Trinajstić information content (AvgIpc) is 2.32. The molecule has 0 aliphatic carbocycles. The van der Waals surface area contributed by atoms with Crippen LogP contribution in [-0.2, 0) is 9.59 Å². The Bertz CT molecular complexity index is 388. The van der Waals surface area contributed by atoms with Crippen LogP contribution in [0, 0.1) is 29.1 Å². The van der Waals surface area contributed by atoms with Gasteiger partial charge in [-0.15, -0.1) is 0 Å². The topological polar surface area (TPSA) is 74.6 Å². The third-order valence-corrected chi connectivity index (χ3v) is 1.43. The standard InChI is InChI=1S/C6BF5.C2H2O4/c7-1-2(8)4(10)6(12)5(11)3(1)9;3-1(4)2(5)6/h;(H,3,4)(H,5,6). The second-order valence-corrected chi connectivity index (χ2v) is 2.59. The molecule has 18 heavy (non-hydrogen) atoms. The van der Waals surface area contributed by atoms with E-state index in [1.54, 1.807) is 0 Å². The Hall–Kier alpha value is -2.13. The van der Waals surface area contributed by atoms with Crippen LogP contribution in [0.25, 0.3) is 0 Å². The van der Waals surface area contributed by atoms with Gasteiger partial charge in [-0.2, -0.15) is 0 Å². The van der Waals surface area contributed by atoms with Crippen LogP contribution in [0.5, 0.6) is 0 Å². The van der Waals surface area contributed by atoms with E-state index in [2.05, 4.69) is 7.85 Å². The lowest BCUT2D eigenvalue weighted by molar-refractivity contribution is -0.159. The number of hydrogen-bond donors (Lipinski definition) is 2. The second kappa shape index (κ2) is 5.98. The molecule has 0 spiro atoms. The number of carboxylic acids is 2. The van der Waals surface area contributed by atoms with Crippen LogP contribution < -0.4 is 5.46 Å². The van der Waals surface area contributed by atoms with Crippen LogP contribution in [0.4, 0.5) is 22.0 Å². The molecular weight excluding hydrogens is 266 g/mol. The van der Waals surface area contributed by atoms with E-state index >= 15 is 0 Å². The molecule has 0 heterocycles. The Morgan fingerprint density at radius 3 is 1.17 bits per heavy atom. The average molecular weight is 268 g/mol. The predicted molar refractivity (Wildman–Crippen MR) is 46.9 cm³/mol. The van der Waals surface area contributed by atoms with Gasteiger partial charge in [-0.25, -0.2) is 31.5 Å². The molecule has 1 aromatic carbocycles. The summed E-state index contributed by atoms with van der Waals surface area (Å²) < 4.78 is 61.1. The van der Waals surface area contributed by atoms with Gasteiger partial charge in [-0.3, -0.25) is 0 Å². The lowest BCUT2D eigenvalue weighted by Crippen LogP contribution is -2.20. The van der Waals surface area contributed by atoms with E-state index in [1.807, 2.05) is 0 Å². The number of carbonyl (C=O) groups is 2. The minimum atomic E-state index is -2.21. The molecule has 10 heteroatoms. The molecule has 0 saturated heterocycles. The van der Waals surface area contributed by atoms with Crippen molar-refractivity contribution in [1.82, 2.24) is 0 Å². The highest BCUT2D eigenvalue weighted by Gasteiger charge is 2.22. The van der Waals surface area contributed by atoms with Crippen LogP contribution in [0.15, 0.2) is 0 Å². The summed E-state index contributed by atoms with van der Waals surface area (Å²) in [5.74, 6) is -13.9. The van der Waals surface area contributed by atoms with Crippen molar-refractivity contribution < 1.29 is 41.8 Å². The van der Waals surface area contributed by atoms with Gasteiger partial charge in [0.1, 0.15) is 7.85 Å². The minimum Gasteiger partial charge on any atom is -0.473 e. The van der Waals surface area contributed by atoms with Gasteiger partial charge in [0.25, 0.3) is 0 Å². The number of rotatable bonds is 0. The maximum Gasteiger partial charge on any atom is 0.414 e. The van der Waals surface area contributed by atoms with Crippen molar-refractivity contribution in [2.75, 3.05) is 0 Å². The fourth-order valence-electron chi connectivity index (χ4n) is 0.622. The Kier molecular flexibility index (Phi) is 5.28. The molecule has 0 unspecified atom stereocenters. The van der Waals surface area contributed by atoms with Crippen molar-refractivity contribution in [1.29, 1.82) is 0 Å². The maximum atomic E-state index is 12.3. The highest BCUT2D eigenvalue weighted by molar-refractivity contribution is 6.32. The number of benzene rings is 1. The van der Waals surface area contributed by atoms with Crippen molar-refractivity contribution in [3.63, 3.8) is 0 Å². The summed E-state index contributed by atoms with van der Waals surface area (Å²) in [5.41, 5.74) is -1.37. The zero-order valence-electron chi connectivity index (χ0n) is 8.18. The third kappa shape index (κ3) is 3.44. The van der Waals surface area contributed by atoms with E-state index in [-0.39, 0.29) is 0 Å². The van der Waals surface area contributed by atoms with Crippen molar-refractivity contribution in [2.24, 2.45) is 0 Å². The van der Waals surface area contributed by atoms with Crippen LogP contribution in [-0.4, -0.2) is 30.0 Å². The lowest BCUT2D eigenvalue weighted by Gasteiger charge is -2.02. The van der Waals surface area contributed by atoms with E-state index in [0.29, 0.717) is 0 Å². The normalized spacial score (nSPS) is 9.39. The Labute approximate surface area is 97.1 Å². The van der Waals surface area contributed by atoms with E-state index in [4.69, 9.17) is 19.8 Å². The number of carboxylic acid groups (broad SMARTS) is 2. The van der Waals surface area contributed by atoms with Crippen molar-refractivity contribution in [3.05, 3.63) is 29.1 Å². The molecule has 2 N–H and O–H groups in total. The fourth-order valence-corrected chi connectivity index (χ4v) is 0.622. The molecule has 0 amide bonds. The first-order chi connectivity index (χ1) is 8.11. The molecule has 0 saturated carbocycles. The van der Waals surface area contributed by atoms with Gasteiger partial charge < -0.3 is 10.2 Å². The number of aliphatic carboxylic acids is 2. The first kappa shape index (κ1) is 15.9. The maximum absolute atomic E-state index is 12.3. The van der Waals surface area contributed by atoms with Crippen LogP contribution in [0.2, 0.25) is 0 Å². The van der Waals surface area contributed by atoms with Gasteiger partial charge in [0.2, 0.25) is 0 Å². The highest BCUT2D eigenvalue weighted by atomic mass is 19.2. The summed E-state index contributed by atoms with van der Waals surface area (Å²) in [5, 5.41) is 14.8. The van der Waals surface area contributed by atoms with E-state index in [9.17, 15) is 22.0 Å². The highest BCUT2D eigenvalue weighted by Crippen LogP contribution is 2.14. The van der Waals surface area contributed by atoms with Crippen LogP contribution >= 0.6 is 0 Å². The molecule has 4 nitrogen and oxygen atoms in total. The largest absolute Gasteiger partial charge is 0.473 e. The molecule has 96 valence electrons. The van der Waals surface area contributed by atoms with E-state index in [1.165, 1.54) is 0 Å². The monoisotopic (exact) mass is 268 g/mol.